The fourth-order valence-corrected chi connectivity index (χ4v) is 3.31. The normalized spacial score (nSPS) is 12.1. The molecule has 2 aromatic rings. The van der Waals surface area contributed by atoms with E-state index in [1.807, 2.05) is 0 Å². The topological polar surface area (TPSA) is 161 Å². The van der Waals surface area contributed by atoms with E-state index in [4.69, 9.17) is 14.0 Å². The van der Waals surface area contributed by atoms with E-state index in [1.54, 1.807) is 4.72 Å². The van der Waals surface area contributed by atoms with Gasteiger partial charge in [0.25, 0.3) is 11.3 Å². The lowest BCUT2D eigenvalue weighted by Crippen LogP contribution is -2.39. The lowest BCUT2D eigenvalue weighted by molar-refractivity contribution is 0.252. The van der Waals surface area contributed by atoms with Crippen LogP contribution in [0.3, 0.4) is 0 Å². The van der Waals surface area contributed by atoms with Crippen LogP contribution in [0, 0.1) is 0 Å². The van der Waals surface area contributed by atoms with E-state index in [1.165, 1.54) is 45.5 Å². The summed E-state index contributed by atoms with van der Waals surface area (Å²) in [5.74, 6) is -1.01. The third-order valence-corrected chi connectivity index (χ3v) is 5.44. The van der Waals surface area contributed by atoms with Gasteiger partial charge in [0.05, 0.1) is 26.0 Å². The average Bonchev–Trinajstić information content (AvgIpc) is 2.67. The smallest absolute Gasteiger partial charge is 0.343 e. The third kappa shape index (κ3) is 4.71. The highest BCUT2D eigenvalue weighted by Crippen LogP contribution is 2.30. The Morgan fingerprint density at radius 3 is 2.39 bits per heavy atom. The SMILES string of the molecule is CCS(=O)(=O)c1cccnc1N(C(=O)NS(=O)O)c1nc(OC)cc(OC)n1. The van der Waals surface area contributed by atoms with Gasteiger partial charge in [-0.1, -0.05) is 6.92 Å². The summed E-state index contributed by atoms with van der Waals surface area (Å²) in [6.07, 6.45) is 1.25. The molecule has 2 rings (SSSR count). The first-order valence-corrected chi connectivity index (χ1v) is 10.4. The van der Waals surface area contributed by atoms with Crippen molar-refractivity contribution in [3.8, 4) is 11.8 Å². The van der Waals surface area contributed by atoms with Gasteiger partial charge in [0, 0.05) is 6.20 Å². The van der Waals surface area contributed by atoms with Crippen molar-refractivity contribution in [3.05, 3.63) is 24.4 Å². The number of aromatic nitrogens is 3. The molecule has 1 unspecified atom stereocenters. The van der Waals surface area contributed by atoms with Gasteiger partial charge in [-0.05, 0) is 12.1 Å². The van der Waals surface area contributed by atoms with Gasteiger partial charge in [0.15, 0.2) is 15.7 Å². The third-order valence-electron chi connectivity index (χ3n) is 3.34. The second-order valence-corrected chi connectivity index (χ2v) is 7.92. The molecule has 12 nitrogen and oxygen atoms in total. The highest BCUT2D eigenvalue weighted by Gasteiger charge is 2.30. The van der Waals surface area contributed by atoms with E-state index in [2.05, 4.69) is 15.0 Å². The lowest BCUT2D eigenvalue weighted by Gasteiger charge is -2.22. The number of pyridine rings is 1. The summed E-state index contributed by atoms with van der Waals surface area (Å²) in [5.41, 5.74) is 0. The Morgan fingerprint density at radius 2 is 1.89 bits per heavy atom. The molecule has 14 heteroatoms. The van der Waals surface area contributed by atoms with Crippen LogP contribution < -0.4 is 19.1 Å². The Bertz CT molecular complexity index is 977. The minimum atomic E-state index is -3.82. The lowest BCUT2D eigenvalue weighted by atomic mass is 10.4. The van der Waals surface area contributed by atoms with E-state index in [-0.39, 0.29) is 34.2 Å². The van der Waals surface area contributed by atoms with Gasteiger partial charge in [0.1, 0.15) is 4.90 Å². The minimum Gasteiger partial charge on any atom is -0.481 e. The number of hydrogen-bond acceptors (Lipinski definition) is 9. The van der Waals surface area contributed by atoms with Crippen molar-refractivity contribution in [3.63, 3.8) is 0 Å². The zero-order valence-electron chi connectivity index (χ0n) is 15.0. The first-order chi connectivity index (χ1) is 13.2. The summed E-state index contributed by atoms with van der Waals surface area (Å²) >= 11 is -2.74. The van der Waals surface area contributed by atoms with Gasteiger partial charge in [-0.25, -0.2) is 32.0 Å². The number of anilines is 2. The van der Waals surface area contributed by atoms with Crippen LogP contribution in [-0.2, 0) is 21.1 Å². The molecule has 2 amide bonds. The maximum absolute atomic E-state index is 12.6. The molecule has 1 atom stereocenters. The van der Waals surface area contributed by atoms with E-state index in [0.29, 0.717) is 4.90 Å². The summed E-state index contributed by atoms with van der Waals surface area (Å²) in [5, 5.41) is 0. The molecule has 0 bridgehead atoms. The highest BCUT2D eigenvalue weighted by atomic mass is 32.2. The van der Waals surface area contributed by atoms with Crippen LogP contribution in [0.5, 0.6) is 11.8 Å². The largest absolute Gasteiger partial charge is 0.481 e. The highest BCUT2D eigenvalue weighted by molar-refractivity contribution is 7.91. The monoisotopic (exact) mass is 431 g/mol. The Balaban J connectivity index is 2.77. The standard InChI is InChI=1S/C14H17N5O7S2/c1-4-28(23,24)9-6-5-7-15-12(9)19(14(20)18-27(21)22)13-16-10(25-2)8-11(17-13)26-3/h5-8H,4H2,1-3H3,(H,18,20)(H,21,22). The molecule has 2 heterocycles. The van der Waals surface area contributed by atoms with Crippen molar-refractivity contribution in [1.82, 2.24) is 19.7 Å². The zero-order chi connectivity index (χ0) is 20.9. The van der Waals surface area contributed by atoms with Crippen molar-refractivity contribution in [2.24, 2.45) is 0 Å². The number of rotatable bonds is 7. The quantitative estimate of drug-likeness (QED) is 0.596. The van der Waals surface area contributed by atoms with Gasteiger partial charge >= 0.3 is 6.03 Å². The predicted octanol–water partition coefficient (Wildman–Crippen LogP) is 0.667. The number of nitrogens with zero attached hydrogens (tertiary/aromatic N) is 4. The molecule has 0 saturated heterocycles. The summed E-state index contributed by atoms with van der Waals surface area (Å²) < 4.78 is 56.8. The van der Waals surface area contributed by atoms with E-state index in [0.717, 1.165) is 0 Å². The molecule has 0 aliphatic rings. The zero-order valence-corrected chi connectivity index (χ0v) is 16.7. The van der Waals surface area contributed by atoms with E-state index in [9.17, 15) is 17.4 Å². The summed E-state index contributed by atoms with van der Waals surface area (Å²) in [6, 6.07) is 2.75. The number of hydrogen-bond donors (Lipinski definition) is 2. The molecule has 0 aliphatic heterocycles. The van der Waals surface area contributed by atoms with Crippen LogP contribution in [0.15, 0.2) is 29.3 Å². The number of carbonyl (C=O) groups is 1. The maximum atomic E-state index is 12.6. The van der Waals surface area contributed by atoms with Crippen molar-refractivity contribution < 1.29 is 31.4 Å². The van der Waals surface area contributed by atoms with Crippen LogP contribution in [0.25, 0.3) is 0 Å². The molecule has 0 fully saturated rings. The number of amides is 2. The molecule has 2 N–H and O–H groups in total. The first kappa shape index (κ1) is 21.5. The second-order valence-electron chi connectivity index (χ2n) is 4.97. The fraction of sp³-hybridized carbons (Fsp3) is 0.286. The number of nitrogens with one attached hydrogen (secondary N) is 1. The van der Waals surface area contributed by atoms with Crippen LogP contribution in [0.2, 0.25) is 0 Å². The summed E-state index contributed by atoms with van der Waals surface area (Å²) in [7, 11) is -1.19. The van der Waals surface area contributed by atoms with Gasteiger partial charge in [-0.15, -0.1) is 0 Å². The van der Waals surface area contributed by atoms with Crippen molar-refractivity contribution in [2.45, 2.75) is 11.8 Å². The molecular weight excluding hydrogens is 414 g/mol. The molecule has 152 valence electrons. The molecular formula is C14H17N5O7S2. The molecule has 2 aromatic heterocycles. The van der Waals surface area contributed by atoms with Crippen LogP contribution in [0.4, 0.5) is 16.6 Å². The Labute approximate surface area is 163 Å². The molecule has 0 saturated carbocycles. The van der Waals surface area contributed by atoms with Gasteiger partial charge in [-0.3, -0.25) is 4.55 Å². The molecule has 0 spiro atoms. The van der Waals surface area contributed by atoms with Gasteiger partial charge in [0.2, 0.25) is 17.7 Å². The number of urea groups is 1. The Kier molecular flexibility index (Phi) is 6.82. The number of ether oxygens (including phenoxy) is 2. The first-order valence-electron chi connectivity index (χ1n) is 7.60. The maximum Gasteiger partial charge on any atom is 0.343 e. The van der Waals surface area contributed by atoms with Crippen LogP contribution in [0.1, 0.15) is 6.92 Å². The van der Waals surface area contributed by atoms with E-state index < -0.39 is 27.1 Å². The fourth-order valence-electron chi connectivity index (χ4n) is 2.05. The average molecular weight is 431 g/mol. The molecule has 0 radical (unpaired) electrons. The minimum absolute atomic E-state index is 0.000556. The van der Waals surface area contributed by atoms with E-state index >= 15 is 0 Å². The van der Waals surface area contributed by atoms with Crippen molar-refractivity contribution in [1.29, 1.82) is 0 Å². The number of sulfone groups is 1. The molecule has 0 aliphatic carbocycles. The van der Waals surface area contributed by atoms with Crippen molar-refractivity contribution >= 4 is 38.9 Å². The second kappa shape index (κ2) is 8.90. The van der Waals surface area contributed by atoms with Gasteiger partial charge < -0.3 is 9.47 Å². The predicted molar refractivity (Wildman–Crippen MR) is 98.5 cm³/mol. The van der Waals surface area contributed by atoms with Gasteiger partial charge in [-0.2, -0.15) is 9.97 Å². The molecule has 0 aromatic carbocycles. The summed E-state index contributed by atoms with van der Waals surface area (Å²) in [6.45, 7) is 1.42. The Morgan fingerprint density at radius 1 is 1.29 bits per heavy atom. The number of methoxy groups -OCH3 is 2. The Hall–Kier alpha value is -2.84. The number of carbonyl (C=O) groups excluding carboxylic acids is 1. The molecule has 28 heavy (non-hydrogen) atoms. The summed E-state index contributed by atoms with van der Waals surface area (Å²) in [4.78, 5) is 24.9. The van der Waals surface area contributed by atoms with Crippen molar-refractivity contribution in [2.75, 3.05) is 24.9 Å². The van der Waals surface area contributed by atoms with Crippen LogP contribution >= 0.6 is 0 Å². The van der Waals surface area contributed by atoms with Crippen LogP contribution in [-0.4, -0.2) is 58.1 Å².